The highest BCUT2D eigenvalue weighted by Crippen LogP contribution is 2.01. The number of hydrogen-bond acceptors (Lipinski definition) is 2. The maximum atomic E-state index is 5.68. The average molecular weight is 243 g/mol. The highest BCUT2D eigenvalue weighted by Gasteiger charge is 1.93. The first-order valence-electron chi connectivity index (χ1n) is 5.31. The summed E-state index contributed by atoms with van der Waals surface area (Å²) >= 11 is 5.68. The normalized spacial score (nSPS) is 9.47. The number of aromatic nitrogens is 2. The monoisotopic (exact) mass is 242 g/mol. The molecule has 2 rings (SSSR count). The zero-order valence-corrected chi connectivity index (χ0v) is 9.98. The number of rotatable bonds is 2. The minimum absolute atomic E-state index is 0.271. The van der Waals surface area contributed by atoms with E-state index >= 15 is 0 Å². The highest BCUT2D eigenvalue weighted by molar-refractivity contribution is 6.28. The Morgan fingerprint density at radius 3 is 2.53 bits per heavy atom. The molecule has 0 atom stereocenters. The van der Waals surface area contributed by atoms with Gasteiger partial charge in [0.15, 0.2) is 0 Å². The van der Waals surface area contributed by atoms with Crippen LogP contribution in [0.4, 0.5) is 0 Å². The van der Waals surface area contributed by atoms with Crippen molar-refractivity contribution in [2.75, 3.05) is 0 Å². The van der Waals surface area contributed by atoms with Crippen molar-refractivity contribution in [2.45, 2.75) is 12.8 Å². The molecule has 84 valence electrons. The molecule has 2 nitrogen and oxygen atoms in total. The lowest BCUT2D eigenvalue weighted by Gasteiger charge is -1.93. The molecule has 0 radical (unpaired) electrons. The second-order valence-electron chi connectivity index (χ2n) is 3.51. The van der Waals surface area contributed by atoms with Gasteiger partial charge < -0.3 is 0 Å². The Morgan fingerprint density at radius 2 is 1.76 bits per heavy atom. The van der Waals surface area contributed by atoms with E-state index in [1.165, 1.54) is 5.56 Å². The molecule has 1 aromatic heterocycles. The van der Waals surface area contributed by atoms with Gasteiger partial charge in [-0.25, -0.2) is 9.97 Å². The van der Waals surface area contributed by atoms with Crippen LogP contribution in [0.2, 0.25) is 5.28 Å². The number of halogens is 1. The van der Waals surface area contributed by atoms with Gasteiger partial charge in [-0.3, -0.25) is 0 Å². The van der Waals surface area contributed by atoms with Crippen molar-refractivity contribution in [3.63, 3.8) is 0 Å². The van der Waals surface area contributed by atoms with E-state index < -0.39 is 0 Å². The molecule has 2 aromatic rings. The van der Waals surface area contributed by atoms with E-state index in [9.17, 15) is 0 Å². The van der Waals surface area contributed by atoms with Gasteiger partial charge in [-0.2, -0.15) is 0 Å². The molecule has 0 amide bonds. The summed E-state index contributed by atoms with van der Waals surface area (Å²) in [5, 5.41) is 0.271. The van der Waals surface area contributed by atoms with Crippen molar-refractivity contribution in [3.8, 4) is 11.8 Å². The van der Waals surface area contributed by atoms with Gasteiger partial charge in [-0.15, -0.1) is 0 Å². The van der Waals surface area contributed by atoms with Gasteiger partial charge in [0.05, 0.1) is 12.1 Å². The molecule has 0 spiro atoms. The minimum Gasteiger partial charge on any atom is -0.227 e. The van der Waals surface area contributed by atoms with Gasteiger partial charge in [0.2, 0.25) is 5.28 Å². The van der Waals surface area contributed by atoms with E-state index in [-0.39, 0.29) is 5.28 Å². The van der Waals surface area contributed by atoms with Crippen LogP contribution in [0.5, 0.6) is 0 Å². The van der Waals surface area contributed by atoms with Crippen molar-refractivity contribution >= 4 is 11.6 Å². The number of hydrogen-bond donors (Lipinski definition) is 0. The molecule has 0 aliphatic carbocycles. The van der Waals surface area contributed by atoms with Crippen LogP contribution in [-0.2, 0) is 12.8 Å². The Hall–Kier alpha value is -1.85. The molecule has 17 heavy (non-hydrogen) atoms. The summed E-state index contributed by atoms with van der Waals surface area (Å²) in [6, 6.07) is 12.0. The Labute approximate surface area is 106 Å². The molecular formula is C14H11ClN2. The largest absolute Gasteiger partial charge is 0.227 e. The second kappa shape index (κ2) is 6.03. The molecule has 0 bridgehead atoms. The Morgan fingerprint density at radius 1 is 1.00 bits per heavy atom. The first kappa shape index (κ1) is 11.6. The van der Waals surface area contributed by atoms with Crippen LogP contribution < -0.4 is 0 Å². The van der Waals surface area contributed by atoms with Gasteiger partial charge in [0.25, 0.3) is 0 Å². The quantitative estimate of drug-likeness (QED) is 0.598. The fourth-order valence-corrected chi connectivity index (χ4v) is 1.55. The van der Waals surface area contributed by atoms with Gasteiger partial charge in [-0.05, 0) is 23.2 Å². The van der Waals surface area contributed by atoms with E-state index in [0.29, 0.717) is 6.42 Å². The molecule has 0 saturated heterocycles. The summed E-state index contributed by atoms with van der Waals surface area (Å²) < 4.78 is 0. The average Bonchev–Trinajstić information content (AvgIpc) is 2.36. The minimum atomic E-state index is 0.271. The number of benzene rings is 1. The van der Waals surface area contributed by atoms with E-state index in [2.05, 4.69) is 33.9 Å². The van der Waals surface area contributed by atoms with E-state index in [1.807, 2.05) is 24.3 Å². The molecule has 0 saturated carbocycles. The van der Waals surface area contributed by atoms with Crippen molar-refractivity contribution < 1.29 is 0 Å². The highest BCUT2D eigenvalue weighted by atomic mass is 35.5. The summed E-state index contributed by atoms with van der Waals surface area (Å²) in [4.78, 5) is 7.89. The predicted molar refractivity (Wildman–Crippen MR) is 68.7 cm³/mol. The van der Waals surface area contributed by atoms with Crippen LogP contribution in [-0.4, -0.2) is 9.97 Å². The molecular weight excluding hydrogens is 232 g/mol. The first-order chi connectivity index (χ1) is 8.34. The molecule has 3 heteroatoms. The lowest BCUT2D eigenvalue weighted by atomic mass is 10.1. The number of nitrogens with zero attached hydrogens (tertiary/aromatic N) is 2. The third-order valence-electron chi connectivity index (χ3n) is 2.21. The van der Waals surface area contributed by atoms with Gasteiger partial charge in [0, 0.05) is 12.6 Å². The maximum absolute atomic E-state index is 5.68. The molecule has 1 aromatic carbocycles. The molecule has 1 heterocycles. The predicted octanol–water partition coefficient (Wildman–Crippen LogP) is 2.92. The first-order valence-corrected chi connectivity index (χ1v) is 5.69. The Kier molecular flexibility index (Phi) is 4.12. The van der Waals surface area contributed by atoms with Crippen molar-refractivity contribution in [1.29, 1.82) is 0 Å². The fraction of sp³-hybridized carbons (Fsp3) is 0.143. The van der Waals surface area contributed by atoms with Crippen molar-refractivity contribution in [3.05, 3.63) is 59.1 Å². The Balaban J connectivity index is 1.91. The van der Waals surface area contributed by atoms with E-state index in [1.54, 1.807) is 6.20 Å². The van der Waals surface area contributed by atoms with Gasteiger partial charge >= 0.3 is 0 Å². The lowest BCUT2D eigenvalue weighted by Crippen LogP contribution is -1.90. The zero-order chi connectivity index (χ0) is 11.9. The standard InChI is InChI=1S/C14H11ClN2/c15-14-16-11-10-13(17-14)9-5-4-8-12-6-2-1-3-7-12/h1-3,6-7,10-11H,8-9H2. The zero-order valence-electron chi connectivity index (χ0n) is 9.23. The third kappa shape index (κ3) is 3.90. The van der Waals surface area contributed by atoms with Crippen molar-refractivity contribution in [1.82, 2.24) is 9.97 Å². The summed E-state index contributed by atoms with van der Waals surface area (Å²) in [5.41, 5.74) is 2.08. The summed E-state index contributed by atoms with van der Waals surface area (Å²) in [7, 11) is 0. The van der Waals surface area contributed by atoms with Crippen LogP contribution in [0.25, 0.3) is 0 Å². The molecule has 0 aliphatic rings. The summed E-state index contributed by atoms with van der Waals surface area (Å²) in [5.74, 6) is 6.19. The SMILES string of the molecule is Clc1nccc(CC#CCc2ccccc2)n1. The lowest BCUT2D eigenvalue weighted by molar-refractivity contribution is 1.06. The van der Waals surface area contributed by atoms with Crippen LogP contribution in [0.15, 0.2) is 42.6 Å². The molecule has 0 N–H and O–H groups in total. The van der Waals surface area contributed by atoms with E-state index in [0.717, 1.165) is 12.1 Å². The second-order valence-corrected chi connectivity index (χ2v) is 3.85. The third-order valence-corrected chi connectivity index (χ3v) is 2.40. The van der Waals surface area contributed by atoms with Crippen LogP contribution >= 0.6 is 11.6 Å². The smallest absolute Gasteiger partial charge is 0.222 e. The molecule has 0 aliphatic heterocycles. The fourth-order valence-electron chi connectivity index (χ4n) is 1.38. The van der Waals surface area contributed by atoms with Gasteiger partial charge in [-0.1, -0.05) is 42.2 Å². The summed E-state index contributed by atoms with van der Waals surface area (Å²) in [6.07, 6.45) is 3.01. The maximum Gasteiger partial charge on any atom is 0.222 e. The summed E-state index contributed by atoms with van der Waals surface area (Å²) in [6.45, 7) is 0. The van der Waals surface area contributed by atoms with E-state index in [4.69, 9.17) is 11.6 Å². The topological polar surface area (TPSA) is 25.8 Å². The molecule has 0 fully saturated rings. The van der Waals surface area contributed by atoms with Gasteiger partial charge in [0.1, 0.15) is 0 Å². The van der Waals surface area contributed by atoms with Crippen molar-refractivity contribution in [2.24, 2.45) is 0 Å². The molecule has 0 unspecified atom stereocenters. The van der Waals surface area contributed by atoms with Crippen LogP contribution in [0.3, 0.4) is 0 Å². The van der Waals surface area contributed by atoms with Crippen LogP contribution in [0.1, 0.15) is 11.3 Å². The van der Waals surface area contributed by atoms with Crippen LogP contribution in [0, 0.1) is 11.8 Å². The Bertz CT molecular complexity index is 541.